The molecule has 0 bridgehead atoms. The van der Waals surface area contributed by atoms with Gasteiger partial charge < -0.3 is 14.2 Å². The largest absolute Gasteiger partial charge is 0.493 e. The number of ether oxygens (including phenoxy) is 3. The van der Waals surface area contributed by atoms with Crippen LogP contribution in [0.2, 0.25) is 5.02 Å². The van der Waals surface area contributed by atoms with Crippen LogP contribution >= 0.6 is 11.6 Å². The van der Waals surface area contributed by atoms with Crippen LogP contribution in [-0.2, 0) is 9.53 Å². The zero-order valence-electron chi connectivity index (χ0n) is 14.0. The summed E-state index contributed by atoms with van der Waals surface area (Å²) in [5.41, 5.74) is 0. The molecule has 0 N–H and O–H groups in total. The normalized spacial score (nSPS) is 13.0. The summed E-state index contributed by atoms with van der Waals surface area (Å²) in [5.74, 6) is 1.78. The number of methoxy groups -OCH3 is 1. The van der Waals surface area contributed by atoms with E-state index in [-0.39, 0.29) is 17.8 Å². The Kier molecular flexibility index (Phi) is 6.50. The third-order valence-corrected chi connectivity index (χ3v) is 4.06. The highest BCUT2D eigenvalue weighted by Crippen LogP contribution is 2.25. The molecule has 0 fully saturated rings. The average molecular weight is 349 g/mol. The molecule has 24 heavy (non-hydrogen) atoms. The Bertz CT molecular complexity index is 652. The van der Waals surface area contributed by atoms with Gasteiger partial charge in [0, 0.05) is 10.9 Å². The maximum atomic E-state index is 11.5. The smallest absolute Gasteiger partial charge is 0.308 e. The van der Waals surface area contributed by atoms with Crippen molar-refractivity contribution >= 4 is 17.6 Å². The van der Waals surface area contributed by atoms with E-state index in [1.165, 1.54) is 7.11 Å². The topological polar surface area (TPSA) is 44.8 Å². The predicted molar refractivity (Wildman–Crippen MR) is 93.8 cm³/mol. The van der Waals surface area contributed by atoms with E-state index >= 15 is 0 Å². The summed E-state index contributed by atoms with van der Waals surface area (Å²) >= 11 is 5.85. The van der Waals surface area contributed by atoms with E-state index in [4.69, 9.17) is 25.8 Å². The fraction of sp³-hybridized carbons (Fsp3) is 0.316. The van der Waals surface area contributed by atoms with Gasteiger partial charge in [-0.25, -0.2) is 0 Å². The number of hydrogen-bond acceptors (Lipinski definition) is 4. The first kappa shape index (κ1) is 18.1. The SMILES string of the molecule is COC(=O)C(C)C(C)COc1ccc(Oc2ccc(Cl)cc2)cc1. The highest BCUT2D eigenvalue weighted by atomic mass is 35.5. The van der Waals surface area contributed by atoms with Crippen molar-refractivity contribution in [2.45, 2.75) is 13.8 Å². The number of carbonyl (C=O) groups excluding carboxylic acids is 1. The lowest BCUT2D eigenvalue weighted by Gasteiger charge is -2.18. The van der Waals surface area contributed by atoms with Crippen molar-refractivity contribution in [1.29, 1.82) is 0 Å². The molecule has 0 aliphatic carbocycles. The minimum atomic E-state index is -0.224. The van der Waals surface area contributed by atoms with Gasteiger partial charge in [-0.15, -0.1) is 0 Å². The van der Waals surface area contributed by atoms with Gasteiger partial charge in [-0.2, -0.15) is 0 Å². The quantitative estimate of drug-likeness (QED) is 0.663. The molecule has 2 unspecified atom stereocenters. The lowest BCUT2D eigenvalue weighted by molar-refractivity contribution is -0.146. The molecule has 0 aliphatic heterocycles. The molecule has 2 rings (SSSR count). The highest BCUT2D eigenvalue weighted by molar-refractivity contribution is 6.30. The van der Waals surface area contributed by atoms with Crippen LogP contribution < -0.4 is 9.47 Å². The molecule has 0 amide bonds. The van der Waals surface area contributed by atoms with Crippen LogP contribution in [0.1, 0.15) is 13.8 Å². The van der Waals surface area contributed by atoms with Crippen molar-refractivity contribution in [3.05, 3.63) is 53.6 Å². The van der Waals surface area contributed by atoms with Crippen molar-refractivity contribution in [2.24, 2.45) is 11.8 Å². The summed E-state index contributed by atoms with van der Waals surface area (Å²) in [7, 11) is 1.39. The van der Waals surface area contributed by atoms with Gasteiger partial charge in [-0.05, 0) is 48.5 Å². The van der Waals surface area contributed by atoms with Crippen LogP contribution in [0, 0.1) is 11.8 Å². The van der Waals surface area contributed by atoms with E-state index in [1.54, 1.807) is 12.1 Å². The number of hydrogen-bond donors (Lipinski definition) is 0. The van der Waals surface area contributed by atoms with Crippen molar-refractivity contribution < 1.29 is 19.0 Å². The van der Waals surface area contributed by atoms with Crippen LogP contribution in [0.5, 0.6) is 17.2 Å². The van der Waals surface area contributed by atoms with Gasteiger partial charge in [0.15, 0.2) is 0 Å². The maximum absolute atomic E-state index is 11.5. The fourth-order valence-electron chi connectivity index (χ4n) is 2.03. The Hall–Kier alpha value is -2.20. The Morgan fingerprint density at radius 2 is 1.46 bits per heavy atom. The molecule has 4 nitrogen and oxygen atoms in total. The monoisotopic (exact) mass is 348 g/mol. The second kappa shape index (κ2) is 8.60. The Balaban J connectivity index is 1.87. The molecule has 0 spiro atoms. The van der Waals surface area contributed by atoms with E-state index in [9.17, 15) is 4.79 Å². The minimum Gasteiger partial charge on any atom is -0.493 e. The van der Waals surface area contributed by atoms with Gasteiger partial charge in [0.2, 0.25) is 0 Å². The molecule has 0 radical (unpaired) electrons. The summed E-state index contributed by atoms with van der Waals surface area (Å²) in [6.45, 7) is 4.23. The van der Waals surface area contributed by atoms with Crippen LogP contribution in [0.15, 0.2) is 48.5 Å². The van der Waals surface area contributed by atoms with E-state index in [0.717, 1.165) is 5.75 Å². The molecule has 2 aromatic rings. The molecule has 128 valence electrons. The number of benzene rings is 2. The lowest BCUT2D eigenvalue weighted by atomic mass is 9.97. The van der Waals surface area contributed by atoms with E-state index in [2.05, 4.69) is 0 Å². The van der Waals surface area contributed by atoms with Crippen LogP contribution in [0.4, 0.5) is 0 Å². The minimum absolute atomic E-state index is 0.0578. The molecule has 0 saturated heterocycles. The molecule has 0 heterocycles. The van der Waals surface area contributed by atoms with Crippen LogP contribution in [0.25, 0.3) is 0 Å². The summed E-state index contributed by atoms with van der Waals surface area (Å²) in [6.07, 6.45) is 0. The van der Waals surface area contributed by atoms with Crippen molar-refractivity contribution in [3.63, 3.8) is 0 Å². The van der Waals surface area contributed by atoms with Crippen LogP contribution in [0.3, 0.4) is 0 Å². The van der Waals surface area contributed by atoms with E-state index in [0.29, 0.717) is 23.1 Å². The second-order valence-corrected chi connectivity index (χ2v) is 6.06. The Labute approximate surface area is 147 Å². The van der Waals surface area contributed by atoms with Gasteiger partial charge in [-0.1, -0.05) is 25.4 Å². The first-order valence-corrected chi connectivity index (χ1v) is 8.11. The fourth-order valence-corrected chi connectivity index (χ4v) is 2.16. The molecule has 2 atom stereocenters. The van der Waals surface area contributed by atoms with E-state index < -0.39 is 0 Å². The third kappa shape index (κ3) is 5.17. The molecule has 2 aromatic carbocycles. The van der Waals surface area contributed by atoms with Gasteiger partial charge in [0.05, 0.1) is 19.6 Å². The number of halogens is 1. The standard InChI is InChI=1S/C19H21ClO4/c1-13(14(2)19(21)22-3)12-23-16-8-10-18(11-9-16)24-17-6-4-15(20)5-7-17/h4-11,13-14H,12H2,1-3H3. The maximum Gasteiger partial charge on any atom is 0.308 e. The number of rotatable bonds is 7. The third-order valence-electron chi connectivity index (χ3n) is 3.81. The second-order valence-electron chi connectivity index (χ2n) is 5.63. The molecule has 0 saturated carbocycles. The molecule has 5 heteroatoms. The Morgan fingerprint density at radius 3 is 2.00 bits per heavy atom. The molecular weight excluding hydrogens is 328 g/mol. The highest BCUT2D eigenvalue weighted by Gasteiger charge is 2.21. The lowest BCUT2D eigenvalue weighted by Crippen LogP contribution is -2.24. The van der Waals surface area contributed by atoms with Crippen LogP contribution in [-0.4, -0.2) is 19.7 Å². The number of esters is 1. The predicted octanol–water partition coefficient (Wildman–Crippen LogP) is 4.96. The zero-order valence-corrected chi connectivity index (χ0v) is 14.7. The van der Waals surface area contributed by atoms with Gasteiger partial charge >= 0.3 is 5.97 Å². The zero-order chi connectivity index (χ0) is 17.5. The molecule has 0 aromatic heterocycles. The van der Waals surface area contributed by atoms with Crippen molar-refractivity contribution in [2.75, 3.05) is 13.7 Å². The Morgan fingerprint density at radius 1 is 0.958 bits per heavy atom. The van der Waals surface area contributed by atoms with Crippen molar-refractivity contribution in [3.8, 4) is 17.2 Å². The summed E-state index contributed by atoms with van der Waals surface area (Å²) in [6, 6.07) is 14.5. The first-order chi connectivity index (χ1) is 11.5. The summed E-state index contributed by atoms with van der Waals surface area (Å²) in [5, 5.41) is 0.668. The molecule has 0 aliphatic rings. The van der Waals surface area contributed by atoms with Gasteiger partial charge in [-0.3, -0.25) is 4.79 Å². The average Bonchev–Trinajstić information content (AvgIpc) is 2.61. The van der Waals surface area contributed by atoms with Gasteiger partial charge in [0.25, 0.3) is 0 Å². The summed E-state index contributed by atoms with van der Waals surface area (Å²) in [4.78, 5) is 11.5. The first-order valence-electron chi connectivity index (χ1n) is 7.73. The van der Waals surface area contributed by atoms with Gasteiger partial charge in [0.1, 0.15) is 17.2 Å². The van der Waals surface area contributed by atoms with E-state index in [1.807, 2.05) is 50.2 Å². The summed E-state index contributed by atoms with van der Waals surface area (Å²) < 4.78 is 16.2. The van der Waals surface area contributed by atoms with Crippen molar-refractivity contribution in [1.82, 2.24) is 0 Å². The number of carbonyl (C=O) groups is 1. The molecular formula is C19H21ClO4.